The van der Waals surface area contributed by atoms with E-state index in [4.69, 9.17) is 0 Å². The van der Waals surface area contributed by atoms with Gasteiger partial charge in [0.25, 0.3) is 0 Å². The van der Waals surface area contributed by atoms with Crippen LogP contribution in [0.15, 0.2) is 54.7 Å². The van der Waals surface area contributed by atoms with Gasteiger partial charge < -0.3 is 0 Å². The van der Waals surface area contributed by atoms with Crippen molar-refractivity contribution in [2.75, 3.05) is 0 Å². The van der Waals surface area contributed by atoms with Crippen LogP contribution in [0.3, 0.4) is 0 Å². The maximum Gasteiger partial charge on any atom is 0.216 e. The fourth-order valence-electron chi connectivity index (χ4n) is 2.11. The summed E-state index contributed by atoms with van der Waals surface area (Å²) in [6.45, 7) is 3.75. The summed E-state index contributed by atoms with van der Waals surface area (Å²) in [5, 5.41) is 0. The van der Waals surface area contributed by atoms with Gasteiger partial charge in [0.15, 0.2) is 0 Å². The van der Waals surface area contributed by atoms with E-state index in [-0.39, 0.29) is 0 Å². The van der Waals surface area contributed by atoms with E-state index in [1.807, 2.05) is 24.3 Å². The Labute approximate surface area is 123 Å². The Bertz CT molecular complexity index is 762. The molecule has 2 aromatic heterocycles. The average Bonchev–Trinajstić information content (AvgIpc) is 2.51. The Hall–Kier alpha value is -2.55. The van der Waals surface area contributed by atoms with Crippen molar-refractivity contribution in [1.82, 2.24) is 9.97 Å². The van der Waals surface area contributed by atoms with Gasteiger partial charge in [0.2, 0.25) is 5.95 Å². The van der Waals surface area contributed by atoms with Crippen LogP contribution in [-0.4, -0.2) is 9.97 Å². The summed E-state index contributed by atoms with van der Waals surface area (Å²) in [7, 11) is 0. The molecule has 0 unspecified atom stereocenters. The number of aryl methyl sites for hydroxylation is 2. The molecule has 0 radical (unpaired) electrons. The highest BCUT2D eigenvalue weighted by molar-refractivity contribution is 5.64. The lowest BCUT2D eigenvalue weighted by Gasteiger charge is -2.05. The number of halogens is 1. The molecule has 0 saturated carbocycles. The van der Waals surface area contributed by atoms with E-state index in [1.165, 1.54) is 5.56 Å². The van der Waals surface area contributed by atoms with Crippen LogP contribution >= 0.6 is 0 Å². The molecule has 0 amide bonds. The normalized spacial score (nSPS) is 10.6. The monoisotopic (exact) mass is 278 g/mol. The highest BCUT2D eigenvalue weighted by Gasteiger charge is 2.05. The fourth-order valence-corrected chi connectivity index (χ4v) is 2.11. The van der Waals surface area contributed by atoms with E-state index < -0.39 is 5.95 Å². The van der Waals surface area contributed by atoms with Crippen LogP contribution in [0.2, 0.25) is 0 Å². The Morgan fingerprint density at radius 1 is 0.762 bits per heavy atom. The molecule has 1 aromatic carbocycles. The predicted molar refractivity (Wildman–Crippen MR) is 82.3 cm³/mol. The van der Waals surface area contributed by atoms with Gasteiger partial charge in [-0.05, 0) is 32.0 Å². The van der Waals surface area contributed by atoms with Gasteiger partial charge in [-0.1, -0.05) is 35.9 Å². The number of benzene rings is 1. The summed E-state index contributed by atoms with van der Waals surface area (Å²) in [6.07, 6.45) is 1.73. The minimum absolute atomic E-state index is 0.435. The smallest absolute Gasteiger partial charge is 0.216 e. The third kappa shape index (κ3) is 2.82. The fraction of sp³-hybridized carbons (Fsp3) is 0.111. The summed E-state index contributed by atoms with van der Waals surface area (Å²) < 4.78 is 13.5. The SMILES string of the molecule is Cc1ccc(-c2ccc(-c3ccc(C)c(F)n3)cn2)cc1. The van der Waals surface area contributed by atoms with Crippen LogP contribution in [0.5, 0.6) is 0 Å². The van der Waals surface area contributed by atoms with Gasteiger partial charge in [-0.25, -0.2) is 4.98 Å². The van der Waals surface area contributed by atoms with Crippen LogP contribution in [0.1, 0.15) is 11.1 Å². The molecule has 0 aliphatic carbocycles. The van der Waals surface area contributed by atoms with E-state index in [1.54, 1.807) is 25.3 Å². The highest BCUT2D eigenvalue weighted by Crippen LogP contribution is 2.22. The minimum atomic E-state index is -0.435. The molecule has 0 fully saturated rings. The Morgan fingerprint density at radius 2 is 1.43 bits per heavy atom. The topological polar surface area (TPSA) is 25.8 Å². The molecule has 3 heteroatoms. The summed E-state index contributed by atoms with van der Waals surface area (Å²) >= 11 is 0. The minimum Gasteiger partial charge on any atom is -0.256 e. The predicted octanol–water partition coefficient (Wildman–Crippen LogP) is 4.57. The molecule has 0 saturated heterocycles. The molecule has 0 N–H and O–H groups in total. The number of rotatable bonds is 2. The van der Waals surface area contributed by atoms with Gasteiger partial charge in [-0.3, -0.25) is 4.98 Å². The van der Waals surface area contributed by atoms with Crippen molar-refractivity contribution >= 4 is 0 Å². The molecule has 0 bridgehead atoms. The van der Waals surface area contributed by atoms with E-state index >= 15 is 0 Å². The van der Waals surface area contributed by atoms with E-state index in [0.717, 1.165) is 16.8 Å². The van der Waals surface area contributed by atoms with Crippen LogP contribution < -0.4 is 0 Å². The molecule has 0 aliphatic rings. The molecule has 0 atom stereocenters. The quantitative estimate of drug-likeness (QED) is 0.642. The van der Waals surface area contributed by atoms with Crippen LogP contribution in [-0.2, 0) is 0 Å². The third-order valence-electron chi connectivity index (χ3n) is 3.44. The van der Waals surface area contributed by atoms with Crippen molar-refractivity contribution in [2.24, 2.45) is 0 Å². The lowest BCUT2D eigenvalue weighted by Crippen LogP contribution is -1.92. The number of pyridine rings is 2. The lowest BCUT2D eigenvalue weighted by molar-refractivity contribution is 0.576. The molecule has 3 rings (SSSR count). The van der Waals surface area contributed by atoms with Gasteiger partial charge in [-0.15, -0.1) is 0 Å². The van der Waals surface area contributed by atoms with Crippen molar-refractivity contribution in [3.05, 3.63) is 71.8 Å². The van der Waals surface area contributed by atoms with Crippen LogP contribution in [0.4, 0.5) is 4.39 Å². The molecule has 2 heterocycles. The van der Waals surface area contributed by atoms with Crippen molar-refractivity contribution in [3.63, 3.8) is 0 Å². The summed E-state index contributed by atoms with van der Waals surface area (Å²) in [5.74, 6) is -0.435. The Balaban J connectivity index is 1.93. The van der Waals surface area contributed by atoms with E-state index in [9.17, 15) is 4.39 Å². The highest BCUT2D eigenvalue weighted by atomic mass is 19.1. The van der Waals surface area contributed by atoms with Crippen LogP contribution in [0, 0.1) is 19.8 Å². The Kier molecular flexibility index (Phi) is 3.48. The van der Waals surface area contributed by atoms with Gasteiger partial charge in [0.1, 0.15) is 0 Å². The van der Waals surface area contributed by atoms with E-state index in [0.29, 0.717) is 11.3 Å². The van der Waals surface area contributed by atoms with Crippen molar-refractivity contribution in [1.29, 1.82) is 0 Å². The average molecular weight is 278 g/mol. The van der Waals surface area contributed by atoms with Crippen molar-refractivity contribution in [3.8, 4) is 22.5 Å². The zero-order chi connectivity index (χ0) is 14.8. The van der Waals surface area contributed by atoms with Crippen LogP contribution in [0.25, 0.3) is 22.5 Å². The number of aromatic nitrogens is 2. The second-order valence-corrected chi connectivity index (χ2v) is 5.10. The van der Waals surface area contributed by atoms with E-state index in [2.05, 4.69) is 29.0 Å². The number of hydrogen-bond acceptors (Lipinski definition) is 2. The summed E-state index contributed by atoms with van der Waals surface area (Å²) in [4.78, 5) is 8.39. The molecule has 104 valence electrons. The maximum atomic E-state index is 13.5. The summed E-state index contributed by atoms with van der Waals surface area (Å²) in [6, 6.07) is 15.6. The first kappa shape index (κ1) is 13.4. The second-order valence-electron chi connectivity index (χ2n) is 5.10. The number of hydrogen-bond donors (Lipinski definition) is 0. The molecule has 0 spiro atoms. The molecular formula is C18H15FN2. The molecule has 2 nitrogen and oxygen atoms in total. The van der Waals surface area contributed by atoms with Crippen molar-refractivity contribution in [2.45, 2.75) is 13.8 Å². The molecule has 3 aromatic rings. The maximum absolute atomic E-state index is 13.5. The largest absolute Gasteiger partial charge is 0.256 e. The molecule has 21 heavy (non-hydrogen) atoms. The first-order valence-corrected chi connectivity index (χ1v) is 6.80. The first-order valence-electron chi connectivity index (χ1n) is 6.80. The van der Waals surface area contributed by atoms with Gasteiger partial charge in [-0.2, -0.15) is 4.39 Å². The van der Waals surface area contributed by atoms with Gasteiger partial charge >= 0.3 is 0 Å². The second kappa shape index (κ2) is 5.44. The van der Waals surface area contributed by atoms with Gasteiger partial charge in [0, 0.05) is 22.9 Å². The zero-order valence-corrected chi connectivity index (χ0v) is 12.0. The van der Waals surface area contributed by atoms with Gasteiger partial charge in [0.05, 0.1) is 11.4 Å². The first-order chi connectivity index (χ1) is 10.1. The number of nitrogens with zero attached hydrogens (tertiary/aromatic N) is 2. The third-order valence-corrected chi connectivity index (χ3v) is 3.44. The Morgan fingerprint density at radius 3 is 2.05 bits per heavy atom. The standard InChI is InChI=1S/C18H15FN2/c1-12-3-6-14(7-4-12)16-10-8-15(11-20-16)17-9-5-13(2)18(19)21-17/h3-11H,1-2H3. The molecule has 0 aliphatic heterocycles. The zero-order valence-electron chi connectivity index (χ0n) is 12.0. The summed E-state index contributed by atoms with van der Waals surface area (Å²) in [5.41, 5.74) is 5.13. The molecular weight excluding hydrogens is 263 g/mol. The lowest BCUT2D eigenvalue weighted by atomic mass is 10.1. The van der Waals surface area contributed by atoms with Crippen molar-refractivity contribution < 1.29 is 4.39 Å².